The Kier molecular flexibility index (Phi) is 22.6. The van der Waals surface area contributed by atoms with Gasteiger partial charge in [-0.2, -0.15) is 0 Å². The molecule has 1 aromatic carbocycles. The average Bonchev–Trinajstić information content (AvgIpc) is 2.83. The van der Waals surface area contributed by atoms with E-state index in [2.05, 4.69) is 38.3 Å². The molecule has 0 aliphatic carbocycles. The van der Waals surface area contributed by atoms with Gasteiger partial charge in [0.05, 0.1) is 18.3 Å². The van der Waals surface area contributed by atoms with Crippen molar-refractivity contribution in [2.75, 3.05) is 33.4 Å². The maximum absolute atomic E-state index is 12.9. The first-order valence-electron chi connectivity index (χ1n) is 13.0. The van der Waals surface area contributed by atoms with Crippen molar-refractivity contribution in [3.8, 4) is 5.75 Å². The van der Waals surface area contributed by atoms with Gasteiger partial charge in [0.15, 0.2) is 0 Å². The molecule has 0 aliphatic heterocycles. The second-order valence-electron chi connectivity index (χ2n) is 9.68. The van der Waals surface area contributed by atoms with E-state index < -0.39 is 6.10 Å². The summed E-state index contributed by atoms with van der Waals surface area (Å²) in [5.41, 5.74) is 6.88. The fourth-order valence-electron chi connectivity index (χ4n) is 3.81. The normalized spacial score (nSPS) is 14.2. The maximum atomic E-state index is 12.9. The molecule has 1 aromatic rings. The van der Waals surface area contributed by atoms with Crippen molar-refractivity contribution in [1.82, 2.24) is 10.6 Å². The van der Waals surface area contributed by atoms with Crippen LogP contribution in [0.3, 0.4) is 0 Å². The predicted molar refractivity (Wildman–Crippen MR) is 154 cm³/mol. The van der Waals surface area contributed by atoms with Crippen LogP contribution < -0.4 is 21.1 Å². The standard InChI is InChI=1S/C27H49N3O4.2ClH/c1-6-7-12-21(4)29-19-25(31)24(28)17-22(20(2)3)18-30-27(32)23-13-8-9-14-26(23)34-16-11-10-15-33-5;;/h8-9,13-14,20-22,24-25,29,31H,6-7,10-12,15-19,28H2,1-5H3,(H,30,32);2*1H/t21-,22?,24?,25?;;/m0../s1. The first kappa shape index (κ1) is 37.1. The van der Waals surface area contributed by atoms with Crippen molar-refractivity contribution in [1.29, 1.82) is 0 Å². The molecule has 9 heteroatoms. The lowest BCUT2D eigenvalue weighted by molar-refractivity contribution is 0.0926. The average molecular weight is 553 g/mol. The highest BCUT2D eigenvalue weighted by atomic mass is 35.5. The minimum Gasteiger partial charge on any atom is -0.493 e. The summed E-state index contributed by atoms with van der Waals surface area (Å²) in [5, 5.41) is 17.0. The number of aliphatic hydroxyl groups is 1. The van der Waals surface area contributed by atoms with Crippen molar-refractivity contribution in [2.24, 2.45) is 17.6 Å². The number of nitrogens with one attached hydrogen (secondary N) is 2. The minimum atomic E-state index is -0.617. The van der Waals surface area contributed by atoms with E-state index in [4.69, 9.17) is 15.2 Å². The monoisotopic (exact) mass is 551 g/mol. The molecule has 1 rings (SSSR count). The van der Waals surface area contributed by atoms with Crippen LogP contribution in [-0.2, 0) is 4.74 Å². The van der Waals surface area contributed by atoms with Gasteiger partial charge in [-0.05, 0) is 56.6 Å². The number of methoxy groups -OCH3 is 1. The zero-order valence-corrected chi connectivity index (χ0v) is 24.5. The van der Waals surface area contributed by atoms with Crippen LogP contribution in [0.5, 0.6) is 5.75 Å². The molecule has 0 aromatic heterocycles. The molecule has 1 amide bonds. The molecular weight excluding hydrogens is 501 g/mol. The Morgan fingerprint density at radius 2 is 1.72 bits per heavy atom. The van der Waals surface area contributed by atoms with Gasteiger partial charge in [0.2, 0.25) is 0 Å². The number of unbranched alkanes of at least 4 members (excludes halogenated alkanes) is 2. The van der Waals surface area contributed by atoms with Gasteiger partial charge >= 0.3 is 0 Å². The van der Waals surface area contributed by atoms with Crippen LogP contribution in [0, 0.1) is 11.8 Å². The van der Waals surface area contributed by atoms with Crippen LogP contribution in [-0.4, -0.2) is 62.6 Å². The van der Waals surface area contributed by atoms with Crippen molar-refractivity contribution in [2.45, 2.75) is 84.4 Å². The summed E-state index contributed by atoms with van der Waals surface area (Å²) in [4.78, 5) is 12.9. The smallest absolute Gasteiger partial charge is 0.255 e. The third-order valence-electron chi connectivity index (χ3n) is 6.33. The molecule has 0 saturated carbocycles. The maximum Gasteiger partial charge on any atom is 0.255 e. The molecular formula is C27H51Cl2N3O4. The first-order chi connectivity index (χ1) is 16.3. The van der Waals surface area contributed by atoms with E-state index in [1.54, 1.807) is 13.2 Å². The molecule has 5 N–H and O–H groups in total. The number of rotatable bonds is 19. The lowest BCUT2D eigenvalue weighted by atomic mass is 9.87. The van der Waals surface area contributed by atoms with Crippen LogP contribution in [0.15, 0.2) is 24.3 Å². The molecule has 0 bridgehead atoms. The molecule has 0 fully saturated rings. The summed E-state index contributed by atoms with van der Waals surface area (Å²) in [6, 6.07) is 7.34. The zero-order chi connectivity index (χ0) is 25.3. The number of carbonyl (C=O) groups is 1. The second-order valence-corrected chi connectivity index (χ2v) is 9.68. The largest absolute Gasteiger partial charge is 0.493 e. The van der Waals surface area contributed by atoms with Crippen LogP contribution in [0.2, 0.25) is 0 Å². The molecule has 3 unspecified atom stereocenters. The lowest BCUT2D eigenvalue weighted by Gasteiger charge is -2.28. The molecule has 4 atom stereocenters. The fourth-order valence-corrected chi connectivity index (χ4v) is 3.81. The molecule has 0 radical (unpaired) electrons. The Bertz CT molecular complexity index is 682. The number of ether oxygens (including phenoxy) is 2. The van der Waals surface area contributed by atoms with E-state index in [-0.39, 0.29) is 42.7 Å². The number of benzene rings is 1. The summed E-state index contributed by atoms with van der Waals surface area (Å²) in [6.07, 6.45) is 5.24. The molecule has 0 heterocycles. The van der Waals surface area contributed by atoms with Gasteiger partial charge in [-0.3, -0.25) is 4.79 Å². The lowest BCUT2D eigenvalue weighted by Crippen LogP contribution is -2.46. The van der Waals surface area contributed by atoms with Gasteiger partial charge in [-0.15, -0.1) is 24.8 Å². The summed E-state index contributed by atoms with van der Waals surface area (Å²) >= 11 is 0. The highest BCUT2D eigenvalue weighted by Crippen LogP contribution is 2.20. The summed E-state index contributed by atoms with van der Waals surface area (Å²) < 4.78 is 10.9. The highest BCUT2D eigenvalue weighted by molar-refractivity contribution is 5.96. The topological polar surface area (TPSA) is 106 Å². The van der Waals surface area contributed by atoms with Crippen molar-refractivity contribution >= 4 is 30.7 Å². The number of hydrogen-bond donors (Lipinski definition) is 4. The van der Waals surface area contributed by atoms with E-state index in [0.29, 0.717) is 56.0 Å². The molecule has 212 valence electrons. The number of carbonyl (C=O) groups excluding carboxylic acids is 1. The zero-order valence-electron chi connectivity index (χ0n) is 22.8. The third-order valence-corrected chi connectivity index (χ3v) is 6.33. The number of aliphatic hydroxyl groups excluding tert-OH is 1. The Hall–Kier alpha value is -1.09. The van der Waals surface area contributed by atoms with Gasteiger partial charge in [0.1, 0.15) is 5.75 Å². The predicted octanol–water partition coefficient (Wildman–Crippen LogP) is 4.58. The van der Waals surface area contributed by atoms with Gasteiger partial charge in [-0.25, -0.2) is 0 Å². The van der Waals surface area contributed by atoms with Crippen LogP contribution in [0.25, 0.3) is 0 Å². The van der Waals surface area contributed by atoms with E-state index in [0.717, 1.165) is 19.3 Å². The summed E-state index contributed by atoms with van der Waals surface area (Å²) in [6.45, 7) is 10.8. The van der Waals surface area contributed by atoms with E-state index >= 15 is 0 Å². The Morgan fingerprint density at radius 3 is 2.36 bits per heavy atom. The Labute approximate surface area is 231 Å². The van der Waals surface area contributed by atoms with Crippen molar-refractivity contribution in [3.05, 3.63) is 29.8 Å². The summed E-state index contributed by atoms with van der Waals surface area (Å²) in [7, 11) is 1.69. The fraction of sp³-hybridized carbons (Fsp3) is 0.741. The van der Waals surface area contributed by atoms with Gasteiger partial charge in [0.25, 0.3) is 5.91 Å². The Balaban J connectivity index is 0. The van der Waals surface area contributed by atoms with Gasteiger partial charge < -0.3 is 30.9 Å². The van der Waals surface area contributed by atoms with Gasteiger partial charge in [0, 0.05) is 38.9 Å². The number of amides is 1. The van der Waals surface area contributed by atoms with Crippen LogP contribution in [0.1, 0.15) is 76.6 Å². The number of nitrogens with two attached hydrogens (primary N) is 1. The Morgan fingerprint density at radius 1 is 1.06 bits per heavy atom. The first-order valence-corrected chi connectivity index (χ1v) is 13.0. The summed E-state index contributed by atoms with van der Waals surface area (Å²) in [5.74, 6) is 0.920. The van der Waals surface area contributed by atoms with Crippen molar-refractivity contribution in [3.63, 3.8) is 0 Å². The van der Waals surface area contributed by atoms with E-state index in [1.165, 1.54) is 12.8 Å². The minimum absolute atomic E-state index is 0. The molecule has 7 nitrogen and oxygen atoms in total. The third kappa shape index (κ3) is 15.2. The van der Waals surface area contributed by atoms with Crippen LogP contribution >= 0.6 is 24.8 Å². The van der Waals surface area contributed by atoms with Crippen LogP contribution in [0.4, 0.5) is 0 Å². The number of hydrogen-bond acceptors (Lipinski definition) is 6. The SMILES string of the molecule is CCCC[C@H](C)NCC(O)C(N)CC(CNC(=O)c1ccccc1OCCCCOC)C(C)C.Cl.Cl. The molecule has 36 heavy (non-hydrogen) atoms. The van der Waals surface area contributed by atoms with Gasteiger partial charge in [-0.1, -0.05) is 45.7 Å². The van der Waals surface area contributed by atoms with E-state index in [9.17, 15) is 9.90 Å². The number of para-hydroxylation sites is 1. The molecule has 0 spiro atoms. The van der Waals surface area contributed by atoms with E-state index in [1.807, 2.05) is 18.2 Å². The quantitative estimate of drug-likeness (QED) is 0.187. The molecule has 0 aliphatic rings. The van der Waals surface area contributed by atoms with Crippen molar-refractivity contribution < 1.29 is 19.4 Å². The number of halogens is 2. The molecule has 0 saturated heterocycles. The highest BCUT2D eigenvalue weighted by Gasteiger charge is 2.23. The second kappa shape index (κ2) is 21.9.